The molecule has 0 saturated carbocycles. The third-order valence-electron chi connectivity index (χ3n) is 4.00. The second-order valence-corrected chi connectivity index (χ2v) is 5.72. The molecule has 0 spiro atoms. The molecule has 0 bridgehead atoms. The van der Waals surface area contributed by atoms with Gasteiger partial charge in [0, 0.05) is 19.2 Å². The molecular formula is C14H21N6O+. The highest BCUT2D eigenvalue weighted by Crippen LogP contribution is 2.23. The van der Waals surface area contributed by atoms with Crippen LogP contribution >= 0.6 is 0 Å². The van der Waals surface area contributed by atoms with Gasteiger partial charge < -0.3 is 16.4 Å². The lowest BCUT2D eigenvalue weighted by molar-refractivity contribution is -0.871. The maximum absolute atomic E-state index is 12.3. The molecule has 1 aromatic heterocycles. The zero-order chi connectivity index (χ0) is 15.1. The van der Waals surface area contributed by atoms with Gasteiger partial charge in [-0.05, 0) is 18.6 Å². The minimum Gasteiger partial charge on any atom is -0.397 e. The first kappa shape index (κ1) is 13.7. The normalized spacial score (nSPS) is 22.9. The standard InChI is InChI=1S/C14H20N6O/c1-18(2)9-4-5-11(10(15)8-9)17-12-13(16)19-6-3-7-20(19)14(12)21/h4-5,8-9H,3,6-7,15-16H2,1-2H3/p+1. The lowest BCUT2D eigenvalue weighted by atomic mass is 10.1. The van der Waals surface area contributed by atoms with E-state index in [1.165, 1.54) is 4.90 Å². The fourth-order valence-corrected chi connectivity index (χ4v) is 2.74. The van der Waals surface area contributed by atoms with Gasteiger partial charge >= 0.3 is 0 Å². The summed E-state index contributed by atoms with van der Waals surface area (Å²) in [5.41, 5.74) is 13.4. The van der Waals surface area contributed by atoms with E-state index in [1.807, 2.05) is 18.2 Å². The average Bonchev–Trinajstić information content (AvgIpc) is 3.00. The van der Waals surface area contributed by atoms with Crippen LogP contribution in [0.25, 0.3) is 0 Å². The van der Waals surface area contributed by atoms with E-state index in [-0.39, 0.29) is 11.6 Å². The van der Waals surface area contributed by atoms with Gasteiger partial charge in [-0.2, -0.15) is 0 Å². The first-order valence-corrected chi connectivity index (χ1v) is 7.12. The van der Waals surface area contributed by atoms with Crippen molar-refractivity contribution < 1.29 is 4.90 Å². The van der Waals surface area contributed by atoms with Crippen molar-refractivity contribution in [3.63, 3.8) is 0 Å². The van der Waals surface area contributed by atoms with Crippen molar-refractivity contribution in [2.45, 2.75) is 25.6 Å². The maximum atomic E-state index is 12.3. The number of nitrogens with zero attached hydrogens (tertiary/aromatic N) is 3. The van der Waals surface area contributed by atoms with Crippen LogP contribution in [0, 0.1) is 0 Å². The molecule has 0 saturated heterocycles. The van der Waals surface area contributed by atoms with E-state index in [2.05, 4.69) is 19.1 Å². The first-order chi connectivity index (χ1) is 9.99. The van der Waals surface area contributed by atoms with E-state index >= 15 is 0 Å². The van der Waals surface area contributed by atoms with E-state index in [0.717, 1.165) is 13.0 Å². The number of nitrogens with two attached hydrogens (primary N) is 2. The van der Waals surface area contributed by atoms with Gasteiger partial charge in [-0.3, -0.25) is 9.48 Å². The van der Waals surface area contributed by atoms with E-state index in [0.29, 0.717) is 29.5 Å². The summed E-state index contributed by atoms with van der Waals surface area (Å²) in [7, 11) is 4.12. The molecule has 3 rings (SSSR count). The summed E-state index contributed by atoms with van der Waals surface area (Å²) in [5, 5.41) is 0. The average molecular weight is 289 g/mol. The van der Waals surface area contributed by atoms with Crippen LogP contribution in [0.3, 0.4) is 0 Å². The second-order valence-electron chi connectivity index (χ2n) is 5.72. The van der Waals surface area contributed by atoms with Gasteiger partial charge in [0.2, 0.25) is 0 Å². The summed E-state index contributed by atoms with van der Waals surface area (Å²) in [6.07, 6.45) is 6.78. The number of likely N-dealkylation sites (N-methyl/N-ethyl adjacent to an activating group) is 1. The van der Waals surface area contributed by atoms with Crippen molar-refractivity contribution in [3.8, 4) is 0 Å². The second kappa shape index (κ2) is 4.92. The van der Waals surface area contributed by atoms with Crippen LogP contribution in [-0.2, 0) is 13.1 Å². The van der Waals surface area contributed by atoms with Gasteiger partial charge in [0.1, 0.15) is 6.04 Å². The molecule has 5 N–H and O–H groups in total. The van der Waals surface area contributed by atoms with Crippen LogP contribution in [0.5, 0.6) is 0 Å². The van der Waals surface area contributed by atoms with Crippen molar-refractivity contribution in [1.82, 2.24) is 9.36 Å². The Kier molecular flexibility index (Phi) is 3.21. The summed E-state index contributed by atoms with van der Waals surface area (Å²) in [4.78, 5) is 18.0. The van der Waals surface area contributed by atoms with E-state index in [9.17, 15) is 4.79 Å². The zero-order valence-corrected chi connectivity index (χ0v) is 12.3. The van der Waals surface area contributed by atoms with E-state index in [4.69, 9.17) is 11.5 Å². The third kappa shape index (κ3) is 2.19. The van der Waals surface area contributed by atoms with Gasteiger partial charge in [-0.1, -0.05) is 0 Å². The molecule has 0 amide bonds. The van der Waals surface area contributed by atoms with Crippen LogP contribution in [0.4, 0.5) is 11.5 Å². The Bertz CT molecular complexity index is 719. The molecule has 0 aromatic carbocycles. The summed E-state index contributed by atoms with van der Waals surface area (Å²) < 4.78 is 3.44. The molecule has 1 aliphatic heterocycles. The molecule has 7 heteroatoms. The van der Waals surface area contributed by atoms with Crippen molar-refractivity contribution in [2.24, 2.45) is 10.7 Å². The fourth-order valence-electron chi connectivity index (χ4n) is 2.74. The number of allylic oxidation sites excluding steroid dienone is 1. The number of aromatic nitrogens is 2. The van der Waals surface area contributed by atoms with Crippen LogP contribution < -0.4 is 21.9 Å². The van der Waals surface area contributed by atoms with Crippen LogP contribution in [0.1, 0.15) is 6.42 Å². The highest BCUT2D eigenvalue weighted by molar-refractivity contribution is 6.10. The van der Waals surface area contributed by atoms with Crippen LogP contribution in [-0.4, -0.2) is 35.2 Å². The van der Waals surface area contributed by atoms with Crippen molar-refractivity contribution in [2.75, 3.05) is 19.8 Å². The van der Waals surface area contributed by atoms with Crippen molar-refractivity contribution >= 4 is 17.2 Å². The molecule has 1 atom stereocenters. The predicted molar refractivity (Wildman–Crippen MR) is 82.8 cm³/mol. The molecule has 0 fully saturated rings. The van der Waals surface area contributed by atoms with Gasteiger partial charge in [-0.25, -0.2) is 9.67 Å². The Labute approximate surface area is 122 Å². The van der Waals surface area contributed by atoms with Crippen LogP contribution in [0.2, 0.25) is 0 Å². The fraction of sp³-hybridized carbons (Fsp3) is 0.429. The Morgan fingerprint density at radius 1 is 1.29 bits per heavy atom. The highest BCUT2D eigenvalue weighted by Gasteiger charge is 2.22. The lowest BCUT2D eigenvalue weighted by Crippen LogP contribution is -3.09. The zero-order valence-electron chi connectivity index (χ0n) is 12.3. The largest absolute Gasteiger partial charge is 0.397 e. The number of nitrogens with one attached hydrogen (secondary N) is 1. The lowest BCUT2D eigenvalue weighted by Gasteiger charge is -2.18. The molecule has 21 heavy (non-hydrogen) atoms. The molecule has 1 aliphatic carbocycles. The summed E-state index contributed by atoms with van der Waals surface area (Å²) in [6.45, 7) is 1.46. The highest BCUT2D eigenvalue weighted by atomic mass is 16.1. The minimum absolute atomic E-state index is 0.140. The first-order valence-electron chi connectivity index (χ1n) is 7.12. The molecule has 1 aromatic rings. The molecule has 7 nitrogen and oxygen atoms in total. The summed E-state index contributed by atoms with van der Waals surface area (Å²) in [5.74, 6) is 0.423. The van der Waals surface area contributed by atoms with E-state index in [1.54, 1.807) is 9.36 Å². The molecule has 1 unspecified atom stereocenters. The Hall–Kier alpha value is -2.28. The number of nitrogen functional groups attached to an aromatic ring is 1. The van der Waals surface area contributed by atoms with Gasteiger partial charge in [0.15, 0.2) is 11.5 Å². The number of anilines is 1. The summed E-state index contributed by atoms with van der Waals surface area (Å²) >= 11 is 0. The van der Waals surface area contributed by atoms with Gasteiger partial charge in [-0.15, -0.1) is 0 Å². The topological polar surface area (TPSA) is 95.8 Å². The Morgan fingerprint density at radius 3 is 2.62 bits per heavy atom. The Balaban J connectivity index is 2.00. The molecular weight excluding hydrogens is 268 g/mol. The molecule has 112 valence electrons. The SMILES string of the molecule is C[NH+](C)C1C=CC(=Nc2c(N)n3n(c2=O)CCC3)C(N)=C1. The number of rotatable bonds is 2. The number of aliphatic imine (C=N–C) groups is 1. The smallest absolute Gasteiger partial charge is 0.294 e. The predicted octanol–water partition coefficient (Wildman–Crippen LogP) is -1.37. The number of hydrogen-bond acceptors (Lipinski definition) is 4. The van der Waals surface area contributed by atoms with Crippen molar-refractivity contribution in [3.05, 3.63) is 34.3 Å². The Morgan fingerprint density at radius 2 is 2.00 bits per heavy atom. The molecule has 2 aliphatic rings. The number of fused-ring (bicyclic) bond motifs is 1. The van der Waals surface area contributed by atoms with Gasteiger partial charge in [0.05, 0.1) is 25.5 Å². The summed E-state index contributed by atoms with van der Waals surface area (Å²) in [6, 6.07) is 0.224. The molecule has 0 radical (unpaired) electrons. The van der Waals surface area contributed by atoms with Crippen LogP contribution in [0.15, 0.2) is 33.7 Å². The number of quaternary nitrogens is 1. The number of hydrogen-bond donors (Lipinski definition) is 3. The van der Waals surface area contributed by atoms with Gasteiger partial charge in [0.25, 0.3) is 5.56 Å². The minimum atomic E-state index is -0.140. The quantitative estimate of drug-likeness (QED) is 0.627. The maximum Gasteiger partial charge on any atom is 0.294 e. The third-order valence-corrected chi connectivity index (χ3v) is 4.00. The van der Waals surface area contributed by atoms with Crippen molar-refractivity contribution in [1.29, 1.82) is 0 Å². The van der Waals surface area contributed by atoms with E-state index < -0.39 is 0 Å². The monoisotopic (exact) mass is 289 g/mol. The molecule has 2 heterocycles.